The van der Waals surface area contributed by atoms with Gasteiger partial charge in [0.2, 0.25) is 0 Å². The van der Waals surface area contributed by atoms with Crippen molar-refractivity contribution in [3.8, 4) is 5.69 Å². The standard InChI is InChI=1S/C14H11FN4OS2/c1-2-18-13(20)12(22-14(18)21)6-9-3-4-11(10(15)5-9)19-8-16-7-17-19/h3-8H,2H2,1H3/b12-6+. The van der Waals surface area contributed by atoms with Gasteiger partial charge in [-0.05, 0) is 30.7 Å². The zero-order valence-electron chi connectivity index (χ0n) is 11.6. The average molecular weight is 334 g/mol. The first-order chi connectivity index (χ1) is 10.6. The lowest BCUT2D eigenvalue weighted by Gasteiger charge is -2.09. The van der Waals surface area contributed by atoms with Gasteiger partial charge in [-0.1, -0.05) is 30.0 Å². The maximum atomic E-state index is 14.2. The SMILES string of the molecule is CCN1C(=O)/C(=C\c2ccc(-n3cncn3)c(F)c2)SC1=S. The summed E-state index contributed by atoms with van der Waals surface area (Å²) in [5, 5.41) is 3.89. The van der Waals surface area contributed by atoms with Gasteiger partial charge in [-0.25, -0.2) is 14.1 Å². The molecule has 1 aliphatic rings. The second kappa shape index (κ2) is 5.98. The van der Waals surface area contributed by atoms with Gasteiger partial charge in [-0.2, -0.15) is 5.10 Å². The Hall–Kier alpha value is -2.06. The lowest BCUT2D eigenvalue weighted by molar-refractivity contribution is -0.121. The Balaban J connectivity index is 1.91. The van der Waals surface area contributed by atoms with Crippen LogP contribution >= 0.6 is 24.0 Å². The van der Waals surface area contributed by atoms with E-state index in [1.807, 2.05) is 6.92 Å². The number of aromatic nitrogens is 3. The topological polar surface area (TPSA) is 51.0 Å². The molecule has 112 valence electrons. The molecule has 5 nitrogen and oxygen atoms in total. The minimum Gasteiger partial charge on any atom is -0.293 e. The zero-order valence-corrected chi connectivity index (χ0v) is 13.2. The second-order valence-electron chi connectivity index (χ2n) is 4.48. The lowest BCUT2D eigenvalue weighted by atomic mass is 10.2. The molecule has 0 unspecified atom stereocenters. The van der Waals surface area contributed by atoms with Crippen molar-refractivity contribution in [2.24, 2.45) is 0 Å². The Morgan fingerprint density at radius 2 is 2.27 bits per heavy atom. The highest BCUT2D eigenvalue weighted by Gasteiger charge is 2.30. The Labute approximate surface area is 135 Å². The molecule has 0 spiro atoms. The van der Waals surface area contributed by atoms with E-state index in [4.69, 9.17) is 12.2 Å². The molecule has 8 heteroatoms. The largest absolute Gasteiger partial charge is 0.293 e. The third-order valence-electron chi connectivity index (χ3n) is 3.12. The molecule has 1 fully saturated rings. The van der Waals surface area contributed by atoms with E-state index in [-0.39, 0.29) is 5.91 Å². The number of likely N-dealkylation sites (N-methyl/N-ethyl adjacent to an activating group) is 1. The van der Waals surface area contributed by atoms with Crippen molar-refractivity contribution < 1.29 is 9.18 Å². The number of hydrogen-bond donors (Lipinski definition) is 0. The Morgan fingerprint density at radius 3 is 2.86 bits per heavy atom. The monoisotopic (exact) mass is 334 g/mol. The molecule has 1 saturated heterocycles. The molecule has 0 radical (unpaired) electrons. The molecule has 0 N–H and O–H groups in total. The van der Waals surface area contributed by atoms with Gasteiger partial charge in [0.1, 0.15) is 28.5 Å². The van der Waals surface area contributed by atoms with Crippen LogP contribution in [0.5, 0.6) is 0 Å². The van der Waals surface area contributed by atoms with Crippen molar-refractivity contribution >= 4 is 40.3 Å². The Bertz CT molecular complexity index is 773. The van der Waals surface area contributed by atoms with Gasteiger partial charge in [0.25, 0.3) is 5.91 Å². The maximum absolute atomic E-state index is 14.2. The van der Waals surface area contributed by atoms with E-state index >= 15 is 0 Å². The quantitative estimate of drug-likeness (QED) is 0.638. The summed E-state index contributed by atoms with van der Waals surface area (Å²) in [6.07, 6.45) is 4.40. The van der Waals surface area contributed by atoms with Crippen LogP contribution in [-0.2, 0) is 4.79 Å². The summed E-state index contributed by atoms with van der Waals surface area (Å²) < 4.78 is 16.0. The number of carbonyl (C=O) groups excluding carboxylic acids is 1. The number of thiocarbonyl (C=S) groups is 1. The highest BCUT2D eigenvalue weighted by Crippen LogP contribution is 2.32. The summed E-state index contributed by atoms with van der Waals surface area (Å²) in [6, 6.07) is 4.67. The second-order valence-corrected chi connectivity index (χ2v) is 6.15. The van der Waals surface area contributed by atoms with Gasteiger partial charge < -0.3 is 0 Å². The third-order valence-corrected chi connectivity index (χ3v) is 4.50. The van der Waals surface area contributed by atoms with E-state index in [9.17, 15) is 9.18 Å². The maximum Gasteiger partial charge on any atom is 0.266 e. The summed E-state index contributed by atoms with van der Waals surface area (Å²) in [4.78, 5) is 17.9. The first-order valence-corrected chi connectivity index (χ1v) is 7.72. The molecule has 0 atom stereocenters. The highest BCUT2D eigenvalue weighted by molar-refractivity contribution is 8.26. The van der Waals surface area contributed by atoms with Crippen LogP contribution in [0.1, 0.15) is 12.5 Å². The molecular formula is C14H11FN4OS2. The van der Waals surface area contributed by atoms with E-state index in [0.717, 1.165) is 0 Å². The molecule has 0 saturated carbocycles. The first-order valence-electron chi connectivity index (χ1n) is 6.50. The van der Waals surface area contributed by atoms with Gasteiger partial charge in [0.05, 0.1) is 4.91 Å². The minimum atomic E-state index is -0.440. The summed E-state index contributed by atoms with van der Waals surface area (Å²) in [7, 11) is 0. The van der Waals surface area contributed by atoms with Crippen molar-refractivity contribution in [3.63, 3.8) is 0 Å². The van der Waals surface area contributed by atoms with Crippen molar-refractivity contribution in [1.29, 1.82) is 0 Å². The molecule has 1 aliphatic heterocycles. The van der Waals surface area contributed by atoms with E-state index < -0.39 is 5.82 Å². The highest BCUT2D eigenvalue weighted by atomic mass is 32.2. The fourth-order valence-electron chi connectivity index (χ4n) is 2.06. The van der Waals surface area contributed by atoms with Crippen LogP contribution in [0.25, 0.3) is 11.8 Å². The van der Waals surface area contributed by atoms with Crippen molar-refractivity contribution in [1.82, 2.24) is 19.7 Å². The number of thioether (sulfide) groups is 1. The number of halogens is 1. The number of hydrogen-bond acceptors (Lipinski definition) is 5. The molecule has 3 rings (SSSR count). The van der Waals surface area contributed by atoms with Gasteiger partial charge in [0.15, 0.2) is 0 Å². The van der Waals surface area contributed by atoms with Crippen LogP contribution in [0.15, 0.2) is 35.8 Å². The van der Waals surface area contributed by atoms with E-state index in [0.29, 0.717) is 27.0 Å². The van der Waals surface area contributed by atoms with Gasteiger partial charge in [-0.3, -0.25) is 9.69 Å². The number of carbonyl (C=O) groups is 1. The van der Waals surface area contributed by atoms with Crippen LogP contribution in [0.3, 0.4) is 0 Å². The molecule has 1 aromatic heterocycles. The van der Waals surface area contributed by atoms with Crippen molar-refractivity contribution in [3.05, 3.63) is 47.1 Å². The number of amides is 1. The predicted molar refractivity (Wildman–Crippen MR) is 86.9 cm³/mol. The van der Waals surface area contributed by atoms with Crippen molar-refractivity contribution in [2.75, 3.05) is 6.54 Å². The average Bonchev–Trinajstić information content (AvgIpc) is 3.09. The fraction of sp³-hybridized carbons (Fsp3) is 0.143. The van der Waals surface area contributed by atoms with E-state index in [2.05, 4.69) is 10.1 Å². The molecule has 1 aromatic carbocycles. The molecule has 22 heavy (non-hydrogen) atoms. The van der Waals surface area contributed by atoms with E-state index in [1.165, 1.54) is 40.1 Å². The fourth-order valence-corrected chi connectivity index (χ4v) is 3.44. The third kappa shape index (κ3) is 2.67. The summed E-state index contributed by atoms with van der Waals surface area (Å²) in [5.41, 5.74) is 0.897. The Morgan fingerprint density at radius 1 is 1.45 bits per heavy atom. The smallest absolute Gasteiger partial charge is 0.266 e. The van der Waals surface area contributed by atoms with Crippen LogP contribution in [-0.4, -0.2) is 36.4 Å². The van der Waals surface area contributed by atoms with Crippen LogP contribution < -0.4 is 0 Å². The predicted octanol–water partition coefficient (Wildman–Crippen LogP) is 2.63. The molecule has 2 heterocycles. The van der Waals surface area contributed by atoms with Crippen LogP contribution in [0, 0.1) is 5.82 Å². The normalized spacial score (nSPS) is 16.8. The Kier molecular flexibility index (Phi) is 4.04. The summed E-state index contributed by atoms with van der Waals surface area (Å²) in [6.45, 7) is 2.39. The first kappa shape index (κ1) is 14.9. The molecule has 1 amide bonds. The lowest BCUT2D eigenvalue weighted by Crippen LogP contribution is -2.27. The molecular weight excluding hydrogens is 323 g/mol. The summed E-state index contributed by atoms with van der Waals surface area (Å²) in [5.74, 6) is -0.580. The summed E-state index contributed by atoms with van der Waals surface area (Å²) >= 11 is 6.37. The number of rotatable bonds is 3. The van der Waals surface area contributed by atoms with Crippen LogP contribution in [0.2, 0.25) is 0 Å². The van der Waals surface area contributed by atoms with Gasteiger partial charge in [0, 0.05) is 6.54 Å². The molecule has 0 aliphatic carbocycles. The number of nitrogens with zero attached hydrogens (tertiary/aromatic N) is 4. The molecule has 2 aromatic rings. The zero-order chi connectivity index (χ0) is 15.7. The van der Waals surface area contributed by atoms with E-state index in [1.54, 1.807) is 18.2 Å². The van der Waals surface area contributed by atoms with Crippen molar-refractivity contribution in [2.45, 2.75) is 6.92 Å². The molecule has 0 bridgehead atoms. The van der Waals surface area contributed by atoms with Gasteiger partial charge >= 0.3 is 0 Å². The van der Waals surface area contributed by atoms with Crippen LogP contribution in [0.4, 0.5) is 4.39 Å². The van der Waals surface area contributed by atoms with Gasteiger partial charge in [-0.15, -0.1) is 0 Å². The number of benzene rings is 1. The minimum absolute atomic E-state index is 0.140.